The zero-order valence-corrected chi connectivity index (χ0v) is 14.5. The number of amides is 1. The molecule has 23 heavy (non-hydrogen) atoms. The van der Waals surface area contributed by atoms with Crippen LogP contribution in [-0.4, -0.2) is 33.1 Å². The van der Waals surface area contributed by atoms with Gasteiger partial charge in [-0.25, -0.2) is 0 Å². The van der Waals surface area contributed by atoms with Crippen LogP contribution in [0, 0.1) is 11.3 Å². The molecule has 0 spiro atoms. The van der Waals surface area contributed by atoms with Gasteiger partial charge in [0.2, 0.25) is 5.91 Å². The summed E-state index contributed by atoms with van der Waals surface area (Å²) in [6.45, 7) is 11.0. The zero-order valence-electron chi connectivity index (χ0n) is 14.5. The van der Waals surface area contributed by atoms with Crippen LogP contribution in [0.5, 0.6) is 5.75 Å². The Kier molecular flexibility index (Phi) is 4.16. The van der Waals surface area contributed by atoms with Gasteiger partial charge >= 0.3 is 0 Å². The van der Waals surface area contributed by atoms with E-state index in [1.54, 1.807) is 23.1 Å². The standard InChI is InChI=1S/C18H24N2O3/c1-11(21)20(17(2,3)4)16-15(22)13-9-12(10-19)7-8-14(13)23-18(16,5)6/h7-9,15-16,22H,1-6H3/t15-,16+/m0/s1. The number of benzene rings is 1. The van der Waals surface area contributed by atoms with E-state index in [9.17, 15) is 9.90 Å². The van der Waals surface area contributed by atoms with E-state index >= 15 is 0 Å². The van der Waals surface area contributed by atoms with Gasteiger partial charge in [-0.3, -0.25) is 4.79 Å². The van der Waals surface area contributed by atoms with Crippen molar-refractivity contribution in [2.45, 2.75) is 64.8 Å². The van der Waals surface area contributed by atoms with Gasteiger partial charge in [-0.15, -0.1) is 0 Å². The molecule has 0 unspecified atom stereocenters. The highest BCUT2D eigenvalue weighted by atomic mass is 16.5. The van der Waals surface area contributed by atoms with Gasteiger partial charge in [0.25, 0.3) is 0 Å². The van der Waals surface area contributed by atoms with Crippen LogP contribution in [0.1, 0.15) is 58.8 Å². The summed E-state index contributed by atoms with van der Waals surface area (Å²) in [5.41, 5.74) is -0.235. The van der Waals surface area contributed by atoms with E-state index in [2.05, 4.69) is 6.07 Å². The predicted molar refractivity (Wildman–Crippen MR) is 86.9 cm³/mol. The van der Waals surface area contributed by atoms with E-state index in [1.807, 2.05) is 34.6 Å². The molecule has 0 saturated carbocycles. The molecule has 2 atom stereocenters. The third-order valence-corrected chi connectivity index (χ3v) is 4.18. The second-order valence-corrected chi connectivity index (χ2v) is 7.52. The number of fused-ring (bicyclic) bond motifs is 1. The Morgan fingerprint density at radius 2 is 2.00 bits per heavy atom. The second kappa shape index (κ2) is 5.54. The Bertz CT molecular complexity index is 668. The lowest BCUT2D eigenvalue weighted by Gasteiger charge is -2.52. The first-order chi connectivity index (χ1) is 10.5. The van der Waals surface area contributed by atoms with Crippen molar-refractivity contribution in [1.29, 1.82) is 5.26 Å². The monoisotopic (exact) mass is 316 g/mol. The van der Waals surface area contributed by atoms with Crippen molar-refractivity contribution in [3.63, 3.8) is 0 Å². The van der Waals surface area contributed by atoms with Crippen molar-refractivity contribution < 1.29 is 14.6 Å². The molecule has 1 aromatic rings. The summed E-state index contributed by atoms with van der Waals surface area (Å²) >= 11 is 0. The summed E-state index contributed by atoms with van der Waals surface area (Å²) in [5.74, 6) is 0.424. The molecule has 1 N–H and O–H groups in total. The van der Waals surface area contributed by atoms with Gasteiger partial charge in [0.05, 0.1) is 11.6 Å². The molecule has 0 saturated heterocycles. The van der Waals surface area contributed by atoms with Crippen LogP contribution >= 0.6 is 0 Å². The molecule has 0 aliphatic carbocycles. The summed E-state index contributed by atoms with van der Waals surface area (Å²) in [5, 5.41) is 20.1. The molecule has 5 heteroatoms. The van der Waals surface area contributed by atoms with Gasteiger partial charge in [0.15, 0.2) is 0 Å². The van der Waals surface area contributed by atoms with E-state index in [0.29, 0.717) is 16.9 Å². The molecule has 1 heterocycles. The Hall–Kier alpha value is -2.06. The third kappa shape index (κ3) is 3.04. The first-order valence-electron chi connectivity index (χ1n) is 7.70. The fourth-order valence-corrected chi connectivity index (χ4v) is 3.37. The van der Waals surface area contributed by atoms with Crippen LogP contribution in [0.3, 0.4) is 0 Å². The molecule has 0 fully saturated rings. The summed E-state index contributed by atoms with van der Waals surface area (Å²) in [7, 11) is 0. The molecule has 0 bridgehead atoms. The minimum absolute atomic E-state index is 0.127. The number of carbonyl (C=O) groups excluding carboxylic acids is 1. The van der Waals surface area contributed by atoms with Gasteiger partial charge in [0, 0.05) is 18.0 Å². The Morgan fingerprint density at radius 3 is 2.48 bits per heavy atom. The van der Waals surface area contributed by atoms with Crippen molar-refractivity contribution in [2.24, 2.45) is 0 Å². The highest BCUT2D eigenvalue weighted by Gasteiger charge is 2.50. The highest BCUT2D eigenvalue weighted by molar-refractivity contribution is 5.75. The molecule has 0 radical (unpaired) electrons. The van der Waals surface area contributed by atoms with E-state index < -0.39 is 23.3 Å². The number of nitrogens with zero attached hydrogens (tertiary/aromatic N) is 2. The SMILES string of the molecule is CC(=O)N([C@@H]1[C@@H](O)c2cc(C#N)ccc2OC1(C)C)C(C)(C)C. The smallest absolute Gasteiger partial charge is 0.220 e. The van der Waals surface area contributed by atoms with E-state index in [-0.39, 0.29) is 5.91 Å². The van der Waals surface area contributed by atoms with Crippen molar-refractivity contribution in [1.82, 2.24) is 4.90 Å². The maximum atomic E-state index is 12.3. The van der Waals surface area contributed by atoms with Crippen LogP contribution in [0.25, 0.3) is 0 Å². The van der Waals surface area contributed by atoms with Gasteiger partial charge < -0.3 is 14.7 Å². The van der Waals surface area contributed by atoms with Gasteiger partial charge in [-0.05, 0) is 52.8 Å². The van der Waals surface area contributed by atoms with E-state index in [4.69, 9.17) is 10.00 Å². The third-order valence-electron chi connectivity index (χ3n) is 4.18. The minimum Gasteiger partial charge on any atom is -0.485 e. The average Bonchev–Trinajstić information content (AvgIpc) is 2.40. The Morgan fingerprint density at radius 1 is 1.39 bits per heavy atom. The molecular weight excluding hydrogens is 292 g/mol. The minimum atomic E-state index is -0.926. The predicted octanol–water partition coefficient (Wildman–Crippen LogP) is 2.78. The Labute approximate surface area is 137 Å². The second-order valence-electron chi connectivity index (χ2n) is 7.52. The quantitative estimate of drug-likeness (QED) is 0.864. The van der Waals surface area contributed by atoms with Crippen molar-refractivity contribution in [3.05, 3.63) is 29.3 Å². The molecular formula is C18H24N2O3. The largest absolute Gasteiger partial charge is 0.485 e. The lowest BCUT2D eigenvalue weighted by molar-refractivity contribution is -0.155. The number of hydrogen-bond acceptors (Lipinski definition) is 4. The van der Waals surface area contributed by atoms with Gasteiger partial charge in [-0.2, -0.15) is 5.26 Å². The number of aliphatic hydroxyl groups excluding tert-OH is 1. The number of aliphatic hydroxyl groups is 1. The number of rotatable bonds is 1. The number of hydrogen-bond donors (Lipinski definition) is 1. The number of ether oxygens (including phenoxy) is 1. The molecule has 5 nitrogen and oxygen atoms in total. The first kappa shape index (κ1) is 17.3. The van der Waals surface area contributed by atoms with E-state index in [0.717, 1.165) is 0 Å². The van der Waals surface area contributed by atoms with Gasteiger partial charge in [0.1, 0.15) is 23.5 Å². The molecule has 1 amide bonds. The van der Waals surface area contributed by atoms with Crippen LogP contribution in [0.4, 0.5) is 0 Å². The van der Waals surface area contributed by atoms with Crippen molar-refractivity contribution in [3.8, 4) is 11.8 Å². The average molecular weight is 316 g/mol. The topological polar surface area (TPSA) is 73.6 Å². The lowest BCUT2D eigenvalue weighted by atomic mass is 9.82. The molecule has 0 aromatic heterocycles. The summed E-state index contributed by atoms with van der Waals surface area (Å²) in [6, 6.07) is 6.50. The summed E-state index contributed by atoms with van der Waals surface area (Å²) < 4.78 is 6.06. The maximum Gasteiger partial charge on any atom is 0.220 e. The molecule has 1 aliphatic heterocycles. The zero-order chi connectivity index (χ0) is 17.6. The highest BCUT2D eigenvalue weighted by Crippen LogP contribution is 2.44. The van der Waals surface area contributed by atoms with Crippen LogP contribution in [0.2, 0.25) is 0 Å². The molecule has 1 aromatic carbocycles. The lowest BCUT2D eigenvalue weighted by Crippen LogP contribution is -2.63. The van der Waals surface area contributed by atoms with Gasteiger partial charge in [-0.1, -0.05) is 0 Å². The molecule has 1 aliphatic rings. The van der Waals surface area contributed by atoms with Crippen LogP contribution in [0.15, 0.2) is 18.2 Å². The van der Waals surface area contributed by atoms with Crippen molar-refractivity contribution in [2.75, 3.05) is 0 Å². The van der Waals surface area contributed by atoms with E-state index in [1.165, 1.54) is 6.92 Å². The Balaban J connectivity index is 2.59. The molecule has 124 valence electrons. The normalized spacial score (nSPS) is 22.5. The van der Waals surface area contributed by atoms with Crippen molar-refractivity contribution >= 4 is 5.91 Å². The maximum absolute atomic E-state index is 12.3. The van der Waals surface area contributed by atoms with Crippen LogP contribution in [-0.2, 0) is 4.79 Å². The fraction of sp³-hybridized carbons (Fsp3) is 0.556. The molecule has 2 rings (SSSR count). The summed E-state index contributed by atoms with van der Waals surface area (Å²) in [6.07, 6.45) is -0.926. The van der Waals surface area contributed by atoms with Crippen LogP contribution < -0.4 is 4.74 Å². The number of carbonyl (C=O) groups is 1. The fourth-order valence-electron chi connectivity index (χ4n) is 3.37. The summed E-state index contributed by atoms with van der Waals surface area (Å²) in [4.78, 5) is 13.9. The number of nitriles is 1. The first-order valence-corrected chi connectivity index (χ1v) is 7.70.